The first-order valence-electron chi connectivity index (χ1n) is 12.7. The minimum absolute atomic E-state index is 0.140. The number of carbonyl (C=O) groups excluding carboxylic acids is 1. The Labute approximate surface area is 221 Å². The van der Waals surface area contributed by atoms with Crippen molar-refractivity contribution in [3.8, 4) is 17.4 Å². The average Bonchev–Trinajstić information content (AvgIpc) is 3.42. The maximum absolute atomic E-state index is 12.7. The molecule has 0 bridgehead atoms. The molecule has 4 N–H and O–H groups in total. The molecule has 200 valence electrons. The van der Waals surface area contributed by atoms with Crippen molar-refractivity contribution < 1.29 is 29.3 Å². The molecule has 9 heteroatoms. The molecule has 4 atom stereocenters. The quantitative estimate of drug-likeness (QED) is 0.263. The standard InChI is InChI=1S/C29H33N3O6/c1-4-32(5-2)21-9-8-18-12-20(7-6-19(18)13-21)25-11-10-24(38-25)17(3)22(14-30)29(36)31-15-26-28(35)27(34)23(33)16-37-26/h6-13,23,26-28,33-35H,4-5,15-16H2,1-3H3,(H,31,36). The number of hydrogen-bond acceptors (Lipinski definition) is 8. The van der Waals surface area contributed by atoms with Crippen LogP contribution in [0.5, 0.6) is 0 Å². The summed E-state index contributed by atoms with van der Waals surface area (Å²) < 4.78 is 11.3. The van der Waals surface area contributed by atoms with Gasteiger partial charge in [-0.2, -0.15) is 5.26 Å². The Balaban J connectivity index is 1.50. The first-order chi connectivity index (χ1) is 18.3. The van der Waals surface area contributed by atoms with E-state index in [1.165, 1.54) is 5.69 Å². The van der Waals surface area contributed by atoms with E-state index in [1.54, 1.807) is 19.1 Å². The Hall–Kier alpha value is -3.68. The van der Waals surface area contributed by atoms with Crippen LogP contribution in [-0.2, 0) is 9.53 Å². The molecular weight excluding hydrogens is 486 g/mol. The fraction of sp³-hybridized carbons (Fsp3) is 0.379. The zero-order valence-electron chi connectivity index (χ0n) is 21.7. The SMILES string of the molecule is CCN(CC)c1ccc2cc(-c3ccc(C(C)=C(C#N)C(=O)NCC4OCC(O)C(O)C4O)o3)ccc2c1. The fourth-order valence-electron chi connectivity index (χ4n) is 4.62. The van der Waals surface area contributed by atoms with Crippen LogP contribution >= 0.6 is 0 Å². The highest BCUT2D eigenvalue weighted by Gasteiger charge is 2.37. The van der Waals surface area contributed by atoms with Gasteiger partial charge in [-0.05, 0) is 61.9 Å². The minimum Gasteiger partial charge on any atom is -0.456 e. The maximum Gasteiger partial charge on any atom is 0.262 e. The third-order valence-electron chi connectivity index (χ3n) is 7.00. The highest BCUT2D eigenvalue weighted by molar-refractivity contribution is 6.04. The number of benzene rings is 2. The van der Waals surface area contributed by atoms with Crippen LogP contribution in [0.25, 0.3) is 27.7 Å². The number of furan rings is 1. The molecule has 3 aromatic rings. The number of allylic oxidation sites excluding steroid dienone is 1. The van der Waals surface area contributed by atoms with E-state index >= 15 is 0 Å². The second kappa shape index (κ2) is 11.8. The van der Waals surface area contributed by atoms with E-state index in [9.17, 15) is 25.4 Å². The number of ether oxygens (including phenoxy) is 1. The summed E-state index contributed by atoms with van der Waals surface area (Å²) in [6.45, 7) is 7.47. The first kappa shape index (κ1) is 27.4. The summed E-state index contributed by atoms with van der Waals surface area (Å²) in [4.78, 5) is 15.0. The highest BCUT2D eigenvalue weighted by atomic mass is 16.5. The zero-order chi connectivity index (χ0) is 27.4. The molecule has 1 saturated heterocycles. The summed E-state index contributed by atoms with van der Waals surface area (Å²) in [7, 11) is 0. The van der Waals surface area contributed by atoms with Gasteiger partial charge in [0.15, 0.2) is 0 Å². The van der Waals surface area contributed by atoms with Gasteiger partial charge in [-0.25, -0.2) is 0 Å². The Morgan fingerprint density at radius 3 is 2.47 bits per heavy atom. The van der Waals surface area contributed by atoms with Gasteiger partial charge in [0.05, 0.1) is 6.61 Å². The van der Waals surface area contributed by atoms with Crippen LogP contribution in [0.1, 0.15) is 26.5 Å². The number of anilines is 1. The van der Waals surface area contributed by atoms with Crippen molar-refractivity contribution in [3.05, 3.63) is 59.9 Å². The number of aliphatic hydroxyl groups is 3. The van der Waals surface area contributed by atoms with Crippen LogP contribution in [0.4, 0.5) is 5.69 Å². The number of nitrogens with zero attached hydrogens (tertiary/aromatic N) is 2. The molecule has 2 heterocycles. The van der Waals surface area contributed by atoms with Gasteiger partial charge >= 0.3 is 0 Å². The number of nitriles is 1. The zero-order valence-corrected chi connectivity index (χ0v) is 21.7. The van der Waals surface area contributed by atoms with Crippen molar-refractivity contribution in [2.24, 2.45) is 0 Å². The molecule has 0 radical (unpaired) electrons. The maximum atomic E-state index is 12.7. The molecular formula is C29H33N3O6. The number of nitrogens with one attached hydrogen (secondary N) is 1. The van der Waals surface area contributed by atoms with Crippen molar-refractivity contribution in [2.45, 2.75) is 45.2 Å². The summed E-state index contributed by atoms with van der Waals surface area (Å²) in [5.74, 6) is 0.336. The van der Waals surface area contributed by atoms with Gasteiger partial charge in [0.2, 0.25) is 0 Å². The molecule has 1 aromatic heterocycles. The predicted octanol–water partition coefficient (Wildman–Crippen LogP) is 2.84. The van der Waals surface area contributed by atoms with Gasteiger partial charge in [0.1, 0.15) is 47.6 Å². The third-order valence-corrected chi connectivity index (χ3v) is 7.00. The van der Waals surface area contributed by atoms with Crippen molar-refractivity contribution in [1.82, 2.24) is 5.32 Å². The normalized spacial score (nSPS) is 22.0. The molecule has 1 aliphatic heterocycles. The van der Waals surface area contributed by atoms with Gasteiger partial charge in [0.25, 0.3) is 5.91 Å². The monoisotopic (exact) mass is 519 g/mol. The number of carbonyl (C=O) groups is 1. The van der Waals surface area contributed by atoms with Gasteiger partial charge in [-0.15, -0.1) is 0 Å². The number of rotatable bonds is 8. The lowest BCUT2D eigenvalue weighted by Crippen LogP contribution is -2.56. The largest absolute Gasteiger partial charge is 0.456 e. The Morgan fingerprint density at radius 2 is 1.76 bits per heavy atom. The molecule has 1 amide bonds. The van der Waals surface area contributed by atoms with E-state index in [-0.39, 0.29) is 18.7 Å². The molecule has 4 rings (SSSR count). The molecule has 1 aliphatic rings. The van der Waals surface area contributed by atoms with Crippen molar-refractivity contribution >= 4 is 27.9 Å². The van der Waals surface area contributed by atoms with Gasteiger partial charge < -0.3 is 34.7 Å². The van der Waals surface area contributed by atoms with E-state index < -0.39 is 30.3 Å². The van der Waals surface area contributed by atoms with E-state index in [4.69, 9.17) is 9.15 Å². The third kappa shape index (κ3) is 5.59. The van der Waals surface area contributed by atoms with E-state index in [0.29, 0.717) is 17.1 Å². The van der Waals surface area contributed by atoms with E-state index in [2.05, 4.69) is 42.3 Å². The Kier molecular flexibility index (Phi) is 8.49. The van der Waals surface area contributed by atoms with Crippen LogP contribution in [0.15, 0.2) is 58.5 Å². The smallest absolute Gasteiger partial charge is 0.262 e. The number of hydrogen-bond donors (Lipinski definition) is 4. The van der Waals surface area contributed by atoms with Crippen LogP contribution in [0.2, 0.25) is 0 Å². The van der Waals surface area contributed by atoms with Crippen molar-refractivity contribution in [1.29, 1.82) is 5.26 Å². The second-order valence-corrected chi connectivity index (χ2v) is 9.32. The molecule has 9 nitrogen and oxygen atoms in total. The minimum atomic E-state index is -1.38. The second-order valence-electron chi connectivity index (χ2n) is 9.32. The number of aliphatic hydroxyl groups excluding tert-OH is 3. The Morgan fingerprint density at radius 1 is 1.05 bits per heavy atom. The van der Waals surface area contributed by atoms with Crippen molar-refractivity contribution in [3.63, 3.8) is 0 Å². The lowest BCUT2D eigenvalue weighted by Gasteiger charge is -2.35. The summed E-state index contributed by atoms with van der Waals surface area (Å²) in [6, 6.07) is 17.9. The number of amides is 1. The van der Waals surface area contributed by atoms with E-state index in [0.717, 1.165) is 29.4 Å². The fourth-order valence-corrected chi connectivity index (χ4v) is 4.62. The van der Waals surface area contributed by atoms with Crippen molar-refractivity contribution in [2.75, 3.05) is 31.1 Å². The molecule has 0 saturated carbocycles. The number of fused-ring (bicyclic) bond motifs is 1. The molecule has 1 fully saturated rings. The average molecular weight is 520 g/mol. The predicted molar refractivity (Wildman–Crippen MR) is 144 cm³/mol. The molecule has 2 aromatic carbocycles. The van der Waals surface area contributed by atoms with Gasteiger partial charge in [0, 0.05) is 36.5 Å². The summed E-state index contributed by atoms with van der Waals surface area (Å²) >= 11 is 0. The summed E-state index contributed by atoms with van der Waals surface area (Å²) in [5.41, 5.74) is 2.27. The molecule has 0 aliphatic carbocycles. The van der Waals surface area contributed by atoms with E-state index in [1.807, 2.05) is 24.3 Å². The summed E-state index contributed by atoms with van der Waals surface area (Å²) in [5, 5.41) is 43.9. The first-order valence-corrected chi connectivity index (χ1v) is 12.7. The Bertz CT molecular complexity index is 1370. The van der Waals surface area contributed by atoms with Gasteiger partial charge in [-0.3, -0.25) is 4.79 Å². The molecule has 38 heavy (non-hydrogen) atoms. The topological polar surface area (TPSA) is 139 Å². The van der Waals surface area contributed by atoms with Crippen LogP contribution in [-0.4, -0.2) is 71.9 Å². The van der Waals surface area contributed by atoms with Gasteiger partial charge in [-0.1, -0.05) is 18.2 Å². The van der Waals surface area contributed by atoms with Crippen LogP contribution in [0, 0.1) is 11.3 Å². The lowest BCUT2D eigenvalue weighted by atomic mass is 10.00. The van der Waals surface area contributed by atoms with Crippen LogP contribution in [0.3, 0.4) is 0 Å². The summed E-state index contributed by atoms with van der Waals surface area (Å²) in [6.07, 6.45) is -4.86. The lowest BCUT2D eigenvalue weighted by molar-refractivity contribution is -0.185. The van der Waals surface area contributed by atoms with Crippen LogP contribution < -0.4 is 10.2 Å². The molecule has 0 spiro atoms. The highest BCUT2D eigenvalue weighted by Crippen LogP contribution is 2.31. The molecule has 4 unspecified atom stereocenters.